The summed E-state index contributed by atoms with van der Waals surface area (Å²) in [4.78, 5) is 4.25. The quantitative estimate of drug-likeness (QED) is 0.508. The molecule has 1 aliphatic rings. The van der Waals surface area contributed by atoms with E-state index in [1.165, 1.54) is 12.1 Å². The van der Waals surface area contributed by atoms with E-state index in [0.29, 0.717) is 11.3 Å². The zero-order valence-electron chi connectivity index (χ0n) is 14.2. The van der Waals surface area contributed by atoms with Crippen LogP contribution in [0, 0.1) is 0 Å². The molecule has 0 spiro atoms. The second-order valence-corrected chi connectivity index (χ2v) is 6.69. The van der Waals surface area contributed by atoms with Crippen LogP contribution >= 0.6 is 0 Å². The molecule has 0 bridgehead atoms. The Morgan fingerprint density at radius 3 is 2.78 bits per heavy atom. The molecule has 27 heavy (non-hydrogen) atoms. The number of nitrogens with zero attached hydrogens (tertiary/aromatic N) is 4. The van der Waals surface area contributed by atoms with E-state index >= 15 is 0 Å². The fourth-order valence-corrected chi connectivity index (χ4v) is 3.75. The van der Waals surface area contributed by atoms with Crippen molar-refractivity contribution in [3.05, 3.63) is 66.2 Å². The van der Waals surface area contributed by atoms with Crippen molar-refractivity contribution in [2.45, 2.75) is 25.6 Å². The van der Waals surface area contributed by atoms with Gasteiger partial charge in [0.2, 0.25) is 0 Å². The Morgan fingerprint density at radius 1 is 1.04 bits per heavy atom. The lowest BCUT2D eigenvalue weighted by atomic mass is 9.98. The average molecular weight is 368 g/mol. The second-order valence-electron chi connectivity index (χ2n) is 6.69. The third-order valence-corrected chi connectivity index (χ3v) is 4.98. The molecule has 0 amide bonds. The fraction of sp³-hybridized carbons (Fsp3) is 0.200. The van der Waals surface area contributed by atoms with E-state index in [4.69, 9.17) is 0 Å². The number of aromatic nitrogens is 4. The smallest absolute Gasteiger partial charge is 0.306 e. The minimum atomic E-state index is -4.38. The van der Waals surface area contributed by atoms with Gasteiger partial charge in [-0.2, -0.15) is 18.3 Å². The minimum Gasteiger partial charge on any atom is -0.306 e. The van der Waals surface area contributed by atoms with Crippen molar-refractivity contribution < 1.29 is 13.2 Å². The molecule has 1 aromatic carbocycles. The van der Waals surface area contributed by atoms with Crippen molar-refractivity contribution in [2.75, 3.05) is 0 Å². The zero-order chi connectivity index (χ0) is 18.6. The first-order valence-electron chi connectivity index (χ1n) is 8.71. The number of fused-ring (bicyclic) bond motifs is 2. The van der Waals surface area contributed by atoms with Crippen LogP contribution in [0.3, 0.4) is 0 Å². The molecular formula is C20H15F3N4. The molecule has 0 saturated heterocycles. The van der Waals surface area contributed by atoms with E-state index in [-0.39, 0.29) is 0 Å². The highest BCUT2D eigenvalue weighted by Gasteiger charge is 2.31. The Hall–Kier alpha value is -3.09. The van der Waals surface area contributed by atoms with Crippen LogP contribution in [0.15, 0.2) is 55.0 Å². The van der Waals surface area contributed by atoms with Gasteiger partial charge in [0.05, 0.1) is 5.56 Å². The number of imidazole rings is 1. The number of aryl methyl sites for hydroxylation is 1. The summed E-state index contributed by atoms with van der Waals surface area (Å²) < 4.78 is 43.3. The van der Waals surface area contributed by atoms with Gasteiger partial charge in [-0.3, -0.25) is 4.68 Å². The molecule has 4 nitrogen and oxygen atoms in total. The van der Waals surface area contributed by atoms with E-state index < -0.39 is 11.7 Å². The summed E-state index contributed by atoms with van der Waals surface area (Å²) in [6, 6.07) is 9.25. The van der Waals surface area contributed by atoms with Crippen LogP contribution in [0.5, 0.6) is 0 Å². The zero-order valence-corrected chi connectivity index (χ0v) is 14.2. The predicted octanol–water partition coefficient (Wildman–Crippen LogP) is 4.83. The van der Waals surface area contributed by atoms with Crippen LogP contribution in [0.4, 0.5) is 13.2 Å². The number of alkyl halides is 3. The van der Waals surface area contributed by atoms with Gasteiger partial charge in [0.1, 0.15) is 11.3 Å². The minimum absolute atomic E-state index is 0.479. The van der Waals surface area contributed by atoms with Crippen molar-refractivity contribution >= 4 is 5.65 Å². The van der Waals surface area contributed by atoms with Crippen molar-refractivity contribution in [3.63, 3.8) is 0 Å². The summed E-state index contributed by atoms with van der Waals surface area (Å²) in [7, 11) is 0. The van der Waals surface area contributed by atoms with Crippen LogP contribution in [0.1, 0.15) is 17.7 Å². The first kappa shape index (κ1) is 16.1. The summed E-state index contributed by atoms with van der Waals surface area (Å²) >= 11 is 0. The topological polar surface area (TPSA) is 35.1 Å². The number of pyridine rings is 1. The third kappa shape index (κ3) is 2.61. The lowest BCUT2D eigenvalue weighted by Gasteiger charge is -2.10. The van der Waals surface area contributed by atoms with Crippen molar-refractivity contribution in [2.24, 2.45) is 0 Å². The number of benzene rings is 1. The molecule has 0 radical (unpaired) electrons. The number of hydrogen-bond acceptors (Lipinski definition) is 2. The molecule has 3 aromatic heterocycles. The van der Waals surface area contributed by atoms with E-state index in [2.05, 4.69) is 10.1 Å². The molecule has 0 unspecified atom stereocenters. The Bertz CT molecular complexity index is 1150. The molecule has 136 valence electrons. The van der Waals surface area contributed by atoms with Crippen LogP contribution in [-0.4, -0.2) is 19.2 Å². The van der Waals surface area contributed by atoms with E-state index in [1.54, 1.807) is 12.3 Å². The second kappa shape index (κ2) is 5.70. The van der Waals surface area contributed by atoms with E-state index in [0.717, 1.165) is 47.9 Å². The van der Waals surface area contributed by atoms with Crippen molar-refractivity contribution in [1.82, 2.24) is 19.2 Å². The summed E-state index contributed by atoms with van der Waals surface area (Å²) in [6.07, 6.45) is 3.00. The molecule has 4 heterocycles. The summed E-state index contributed by atoms with van der Waals surface area (Å²) in [5, 5.41) is 4.65. The molecule has 0 N–H and O–H groups in total. The first-order chi connectivity index (χ1) is 13.0. The van der Waals surface area contributed by atoms with Gasteiger partial charge < -0.3 is 4.40 Å². The highest BCUT2D eigenvalue weighted by Crippen LogP contribution is 2.39. The monoisotopic (exact) mass is 368 g/mol. The van der Waals surface area contributed by atoms with Crippen LogP contribution < -0.4 is 0 Å². The summed E-state index contributed by atoms with van der Waals surface area (Å²) in [5.41, 5.74) is 4.13. The van der Waals surface area contributed by atoms with E-state index in [1.807, 2.05) is 33.6 Å². The van der Waals surface area contributed by atoms with Gasteiger partial charge in [-0.05, 0) is 37.1 Å². The molecule has 1 aliphatic heterocycles. The standard InChI is InChI=1S/C20H15F3N4/c21-20(22,23)15-4-1-3-13(11-15)19-18(16-5-2-9-27(16)25-19)14-6-7-17-24-8-10-26(17)12-14/h1,3-4,6-8,10-12H,2,5,9H2. The highest BCUT2D eigenvalue weighted by molar-refractivity contribution is 5.83. The maximum absolute atomic E-state index is 13.2. The van der Waals surface area contributed by atoms with Gasteiger partial charge in [0, 0.05) is 47.5 Å². The summed E-state index contributed by atoms with van der Waals surface area (Å²) in [5.74, 6) is 0. The number of hydrogen-bond donors (Lipinski definition) is 0. The van der Waals surface area contributed by atoms with Crippen LogP contribution in [0.2, 0.25) is 0 Å². The third-order valence-electron chi connectivity index (χ3n) is 4.98. The van der Waals surface area contributed by atoms with E-state index in [9.17, 15) is 13.2 Å². The van der Waals surface area contributed by atoms with Gasteiger partial charge in [-0.15, -0.1) is 0 Å². The molecule has 0 atom stereocenters. The van der Waals surface area contributed by atoms with Gasteiger partial charge in [0.15, 0.2) is 0 Å². The Kier molecular flexibility index (Phi) is 3.40. The molecule has 5 rings (SSSR count). The maximum Gasteiger partial charge on any atom is 0.416 e. The largest absolute Gasteiger partial charge is 0.416 e. The molecule has 0 fully saturated rings. The maximum atomic E-state index is 13.2. The molecule has 0 saturated carbocycles. The highest BCUT2D eigenvalue weighted by atomic mass is 19.4. The molecule has 7 heteroatoms. The Morgan fingerprint density at radius 2 is 1.93 bits per heavy atom. The number of halogens is 3. The van der Waals surface area contributed by atoms with Crippen molar-refractivity contribution in [1.29, 1.82) is 0 Å². The SMILES string of the molecule is FC(F)(F)c1cccc(-c2nn3c(c2-c2ccc4nccn4c2)CCC3)c1. The fourth-order valence-electron chi connectivity index (χ4n) is 3.75. The molecule has 4 aromatic rings. The van der Waals surface area contributed by atoms with Gasteiger partial charge in [-0.1, -0.05) is 12.1 Å². The first-order valence-corrected chi connectivity index (χ1v) is 8.71. The Balaban J connectivity index is 1.72. The van der Waals surface area contributed by atoms with Gasteiger partial charge in [-0.25, -0.2) is 4.98 Å². The lowest BCUT2D eigenvalue weighted by Crippen LogP contribution is -2.04. The Labute approximate surface area is 152 Å². The van der Waals surface area contributed by atoms with Crippen molar-refractivity contribution in [3.8, 4) is 22.4 Å². The number of rotatable bonds is 2. The predicted molar refractivity (Wildman–Crippen MR) is 95.2 cm³/mol. The molecule has 0 aliphatic carbocycles. The normalized spacial score (nSPS) is 14.0. The van der Waals surface area contributed by atoms with Crippen LogP contribution in [-0.2, 0) is 19.1 Å². The van der Waals surface area contributed by atoms with Gasteiger partial charge in [0.25, 0.3) is 0 Å². The average Bonchev–Trinajstić information content (AvgIpc) is 3.35. The van der Waals surface area contributed by atoms with Gasteiger partial charge >= 0.3 is 6.18 Å². The molecular weight excluding hydrogens is 353 g/mol. The summed E-state index contributed by atoms with van der Waals surface area (Å²) in [6.45, 7) is 0.786. The van der Waals surface area contributed by atoms with Crippen LogP contribution in [0.25, 0.3) is 28.0 Å². The lowest BCUT2D eigenvalue weighted by molar-refractivity contribution is -0.137.